The summed E-state index contributed by atoms with van der Waals surface area (Å²) in [5.41, 5.74) is 0.305. The van der Waals surface area contributed by atoms with E-state index in [1.165, 1.54) is 25.0 Å². The third-order valence-corrected chi connectivity index (χ3v) is 3.50. The monoisotopic (exact) mass is 263 g/mol. The van der Waals surface area contributed by atoms with Crippen LogP contribution in [0.1, 0.15) is 25.7 Å². The van der Waals surface area contributed by atoms with E-state index in [2.05, 4.69) is 10.3 Å². The molecule has 0 atom stereocenters. The highest BCUT2D eigenvalue weighted by atomic mass is 19.1. The summed E-state index contributed by atoms with van der Waals surface area (Å²) in [6.45, 7) is 0. The molecule has 1 fully saturated rings. The van der Waals surface area contributed by atoms with Crippen LogP contribution in [0.25, 0.3) is 5.69 Å². The van der Waals surface area contributed by atoms with Gasteiger partial charge in [-0.3, -0.25) is 4.57 Å². The van der Waals surface area contributed by atoms with Gasteiger partial charge < -0.3 is 5.32 Å². The van der Waals surface area contributed by atoms with Crippen LogP contribution < -0.4 is 5.32 Å². The summed E-state index contributed by atoms with van der Waals surface area (Å²) in [6, 6.07) is 3.95. The second kappa shape index (κ2) is 4.99. The predicted octanol–water partition coefficient (Wildman–Crippen LogP) is 3.51. The van der Waals surface area contributed by atoms with Gasteiger partial charge >= 0.3 is 0 Å². The van der Waals surface area contributed by atoms with Crippen molar-refractivity contribution < 1.29 is 8.78 Å². The Kier molecular flexibility index (Phi) is 3.19. The molecule has 5 heteroatoms. The van der Waals surface area contributed by atoms with Crippen molar-refractivity contribution in [3.8, 4) is 5.69 Å². The van der Waals surface area contributed by atoms with Gasteiger partial charge in [0.05, 0.1) is 5.69 Å². The van der Waals surface area contributed by atoms with E-state index >= 15 is 0 Å². The number of nitrogens with zero attached hydrogens (tertiary/aromatic N) is 2. The average molecular weight is 263 g/mol. The number of benzene rings is 1. The first-order valence-corrected chi connectivity index (χ1v) is 6.49. The van der Waals surface area contributed by atoms with E-state index < -0.39 is 11.6 Å². The Morgan fingerprint density at radius 1 is 1.21 bits per heavy atom. The van der Waals surface area contributed by atoms with Crippen LogP contribution in [-0.4, -0.2) is 15.6 Å². The van der Waals surface area contributed by atoms with Gasteiger partial charge in [0.1, 0.15) is 11.6 Å². The first-order valence-electron chi connectivity index (χ1n) is 6.49. The number of imidazole rings is 1. The summed E-state index contributed by atoms with van der Waals surface area (Å²) < 4.78 is 28.3. The van der Waals surface area contributed by atoms with Crippen LogP contribution >= 0.6 is 0 Å². The highest BCUT2D eigenvalue weighted by Crippen LogP contribution is 2.24. The van der Waals surface area contributed by atoms with Crippen molar-refractivity contribution in [2.75, 3.05) is 5.32 Å². The van der Waals surface area contributed by atoms with Crippen molar-refractivity contribution in [2.45, 2.75) is 31.7 Å². The van der Waals surface area contributed by atoms with Gasteiger partial charge in [-0.05, 0) is 25.0 Å². The van der Waals surface area contributed by atoms with Crippen LogP contribution in [0.4, 0.5) is 14.7 Å². The molecule has 1 aliphatic rings. The smallest absolute Gasteiger partial charge is 0.207 e. The van der Waals surface area contributed by atoms with Gasteiger partial charge in [-0.2, -0.15) is 0 Å². The van der Waals surface area contributed by atoms with Crippen LogP contribution in [-0.2, 0) is 0 Å². The molecule has 1 N–H and O–H groups in total. The Bertz CT molecular complexity index is 574. The molecule has 2 aromatic rings. The quantitative estimate of drug-likeness (QED) is 0.918. The van der Waals surface area contributed by atoms with Gasteiger partial charge in [0.15, 0.2) is 0 Å². The van der Waals surface area contributed by atoms with Crippen LogP contribution in [0.5, 0.6) is 0 Å². The molecule has 3 nitrogen and oxygen atoms in total. The first kappa shape index (κ1) is 12.1. The zero-order valence-corrected chi connectivity index (χ0v) is 10.4. The zero-order chi connectivity index (χ0) is 13.2. The third-order valence-electron chi connectivity index (χ3n) is 3.50. The maximum atomic E-state index is 13.8. The fraction of sp³-hybridized carbons (Fsp3) is 0.357. The molecule has 1 saturated carbocycles. The van der Waals surface area contributed by atoms with Gasteiger partial charge in [-0.1, -0.05) is 12.8 Å². The van der Waals surface area contributed by atoms with Crippen molar-refractivity contribution in [1.82, 2.24) is 9.55 Å². The Morgan fingerprint density at radius 2 is 2.00 bits per heavy atom. The zero-order valence-electron chi connectivity index (χ0n) is 10.4. The van der Waals surface area contributed by atoms with E-state index in [1.54, 1.807) is 17.0 Å². The van der Waals surface area contributed by atoms with E-state index in [0.717, 1.165) is 18.9 Å². The number of hydrogen-bond donors (Lipinski definition) is 1. The SMILES string of the molecule is Fc1ccc(-n2ccnc2NC2CCCC2)c(F)c1. The molecule has 1 heterocycles. The third kappa shape index (κ3) is 2.45. The maximum absolute atomic E-state index is 13.8. The molecular weight excluding hydrogens is 248 g/mol. The lowest BCUT2D eigenvalue weighted by Gasteiger charge is -2.15. The molecule has 0 saturated heterocycles. The van der Waals surface area contributed by atoms with Crippen molar-refractivity contribution in [3.63, 3.8) is 0 Å². The Hall–Kier alpha value is -1.91. The van der Waals surface area contributed by atoms with Crippen LogP contribution in [0.3, 0.4) is 0 Å². The molecule has 3 rings (SSSR count). The first-order chi connectivity index (χ1) is 9.24. The lowest BCUT2D eigenvalue weighted by Crippen LogP contribution is -2.18. The minimum atomic E-state index is -0.590. The number of halogens is 2. The molecular formula is C14H15F2N3. The van der Waals surface area contributed by atoms with E-state index in [1.807, 2.05) is 0 Å². The highest BCUT2D eigenvalue weighted by molar-refractivity contribution is 5.43. The lowest BCUT2D eigenvalue weighted by molar-refractivity contribution is 0.577. The number of aromatic nitrogens is 2. The normalized spacial score (nSPS) is 15.9. The van der Waals surface area contributed by atoms with E-state index in [0.29, 0.717) is 17.7 Å². The fourth-order valence-electron chi connectivity index (χ4n) is 2.53. The van der Waals surface area contributed by atoms with E-state index in [4.69, 9.17) is 0 Å². The number of rotatable bonds is 3. The standard InChI is InChI=1S/C14H15F2N3/c15-10-5-6-13(12(16)9-10)19-8-7-17-14(19)18-11-3-1-2-4-11/h5-9,11H,1-4H2,(H,17,18). The number of anilines is 1. The largest absolute Gasteiger partial charge is 0.353 e. The van der Waals surface area contributed by atoms with Gasteiger partial charge in [0.25, 0.3) is 0 Å². The summed E-state index contributed by atoms with van der Waals surface area (Å²) in [5, 5.41) is 3.32. The topological polar surface area (TPSA) is 29.9 Å². The second-order valence-electron chi connectivity index (χ2n) is 4.84. The minimum absolute atomic E-state index is 0.305. The van der Waals surface area contributed by atoms with Crippen molar-refractivity contribution in [1.29, 1.82) is 0 Å². The highest BCUT2D eigenvalue weighted by Gasteiger charge is 2.17. The Balaban J connectivity index is 1.90. The number of hydrogen-bond acceptors (Lipinski definition) is 2. The summed E-state index contributed by atoms with van der Waals surface area (Å²) in [7, 11) is 0. The summed E-state index contributed by atoms with van der Waals surface area (Å²) in [4.78, 5) is 4.21. The fourth-order valence-corrected chi connectivity index (χ4v) is 2.53. The average Bonchev–Trinajstić information content (AvgIpc) is 3.02. The lowest BCUT2D eigenvalue weighted by atomic mass is 10.2. The molecule has 1 aromatic heterocycles. The molecule has 19 heavy (non-hydrogen) atoms. The molecule has 1 aromatic carbocycles. The molecule has 100 valence electrons. The second-order valence-corrected chi connectivity index (χ2v) is 4.84. The molecule has 0 unspecified atom stereocenters. The van der Waals surface area contributed by atoms with Crippen molar-refractivity contribution in [3.05, 3.63) is 42.2 Å². The summed E-state index contributed by atoms with van der Waals surface area (Å²) in [5.74, 6) is -0.559. The Labute approximate surface area is 110 Å². The van der Waals surface area contributed by atoms with Crippen LogP contribution in [0, 0.1) is 11.6 Å². The van der Waals surface area contributed by atoms with E-state index in [9.17, 15) is 8.78 Å². The molecule has 0 spiro atoms. The number of nitrogens with one attached hydrogen (secondary N) is 1. The molecule has 0 amide bonds. The van der Waals surface area contributed by atoms with Crippen LogP contribution in [0.15, 0.2) is 30.6 Å². The molecule has 0 radical (unpaired) electrons. The summed E-state index contributed by atoms with van der Waals surface area (Å²) >= 11 is 0. The van der Waals surface area contributed by atoms with Gasteiger partial charge in [0, 0.05) is 24.5 Å². The van der Waals surface area contributed by atoms with E-state index in [-0.39, 0.29) is 0 Å². The van der Waals surface area contributed by atoms with Crippen LogP contribution in [0.2, 0.25) is 0 Å². The molecule has 0 aliphatic heterocycles. The van der Waals surface area contributed by atoms with Crippen molar-refractivity contribution >= 4 is 5.95 Å². The molecule has 1 aliphatic carbocycles. The van der Waals surface area contributed by atoms with Crippen molar-refractivity contribution in [2.24, 2.45) is 0 Å². The van der Waals surface area contributed by atoms with Gasteiger partial charge in [0.2, 0.25) is 5.95 Å². The van der Waals surface area contributed by atoms with Gasteiger partial charge in [-0.25, -0.2) is 13.8 Å². The predicted molar refractivity (Wildman–Crippen MR) is 69.4 cm³/mol. The molecule has 0 bridgehead atoms. The summed E-state index contributed by atoms with van der Waals surface area (Å²) in [6.07, 6.45) is 7.93. The minimum Gasteiger partial charge on any atom is -0.353 e. The Morgan fingerprint density at radius 3 is 2.74 bits per heavy atom. The maximum Gasteiger partial charge on any atom is 0.207 e. The van der Waals surface area contributed by atoms with Gasteiger partial charge in [-0.15, -0.1) is 0 Å².